The molecule has 0 aliphatic heterocycles. The normalized spacial score (nSPS) is 11.8. The summed E-state index contributed by atoms with van der Waals surface area (Å²) < 4.78 is 37.0. The highest BCUT2D eigenvalue weighted by molar-refractivity contribution is 6.03. The Morgan fingerprint density at radius 3 is 2.34 bits per heavy atom. The van der Waals surface area contributed by atoms with Gasteiger partial charge in [-0.05, 0) is 52.9 Å². The minimum absolute atomic E-state index is 0.118. The van der Waals surface area contributed by atoms with Crippen LogP contribution in [-0.4, -0.2) is 33.8 Å². The lowest BCUT2D eigenvalue weighted by atomic mass is 9.97. The molecule has 0 amide bonds. The van der Waals surface area contributed by atoms with Gasteiger partial charge in [-0.25, -0.2) is 9.78 Å². The summed E-state index contributed by atoms with van der Waals surface area (Å²) in [7, 11) is 0. The van der Waals surface area contributed by atoms with Crippen LogP contribution in [0.2, 0.25) is 0 Å². The van der Waals surface area contributed by atoms with Gasteiger partial charge in [0.1, 0.15) is 11.3 Å². The number of aromatic carboxylic acids is 1. The second-order valence-corrected chi connectivity index (χ2v) is 7.54. The molecule has 32 heavy (non-hydrogen) atoms. The van der Waals surface area contributed by atoms with Gasteiger partial charge in [0.25, 0.3) is 0 Å². The second-order valence-electron chi connectivity index (χ2n) is 7.54. The SMILES string of the molecule is Cc1nc2c(C(=O)O)cc(-c3ccc(-c4cccc(CNCC(F)(F)F)c4)cc3)cc2[nH]1. The molecule has 5 nitrogen and oxygen atoms in total. The number of aryl methyl sites for hydroxylation is 1. The van der Waals surface area contributed by atoms with E-state index in [9.17, 15) is 23.1 Å². The van der Waals surface area contributed by atoms with E-state index >= 15 is 0 Å². The maximum Gasteiger partial charge on any atom is 0.401 e. The van der Waals surface area contributed by atoms with Crippen molar-refractivity contribution in [2.75, 3.05) is 6.54 Å². The molecule has 1 heterocycles. The number of imidazole rings is 1. The number of carboxylic acids is 1. The first-order valence-corrected chi connectivity index (χ1v) is 9.90. The Kier molecular flexibility index (Phi) is 5.71. The molecule has 0 aliphatic carbocycles. The van der Waals surface area contributed by atoms with E-state index in [4.69, 9.17) is 0 Å². The summed E-state index contributed by atoms with van der Waals surface area (Å²) in [5.74, 6) is -0.407. The number of hydrogen-bond acceptors (Lipinski definition) is 3. The molecule has 0 aliphatic rings. The number of alkyl halides is 3. The molecular weight excluding hydrogens is 419 g/mol. The zero-order chi connectivity index (χ0) is 22.9. The number of benzene rings is 3. The minimum Gasteiger partial charge on any atom is -0.478 e. The molecule has 4 aromatic rings. The molecule has 3 aromatic carbocycles. The van der Waals surface area contributed by atoms with Crippen molar-refractivity contribution >= 4 is 17.0 Å². The molecule has 0 fully saturated rings. The molecule has 0 saturated heterocycles. The Labute approximate surface area is 181 Å². The number of nitrogens with one attached hydrogen (secondary N) is 2. The monoisotopic (exact) mass is 439 g/mol. The smallest absolute Gasteiger partial charge is 0.401 e. The standard InChI is InChI=1S/C24H20F3N3O2/c1-14-29-21-11-19(10-20(23(31)32)22(21)30-14)17-7-5-16(6-8-17)18-4-2-3-15(9-18)12-28-13-24(25,26)27/h2-11,28H,12-13H2,1H3,(H,29,30)(H,31,32). The third kappa shape index (κ3) is 4.81. The van der Waals surface area contributed by atoms with Gasteiger partial charge in [-0.15, -0.1) is 0 Å². The summed E-state index contributed by atoms with van der Waals surface area (Å²) in [6.45, 7) is 0.852. The van der Waals surface area contributed by atoms with E-state index in [1.807, 2.05) is 48.5 Å². The molecule has 0 atom stereocenters. The summed E-state index contributed by atoms with van der Waals surface area (Å²) in [4.78, 5) is 19.0. The Morgan fingerprint density at radius 2 is 1.69 bits per heavy atom. The van der Waals surface area contributed by atoms with E-state index in [-0.39, 0.29) is 12.1 Å². The number of H-pyrrole nitrogens is 1. The molecule has 3 N–H and O–H groups in total. The lowest BCUT2D eigenvalue weighted by molar-refractivity contribution is -0.125. The van der Waals surface area contributed by atoms with Crippen molar-refractivity contribution < 1.29 is 23.1 Å². The fraction of sp³-hybridized carbons (Fsp3) is 0.167. The van der Waals surface area contributed by atoms with E-state index in [2.05, 4.69) is 15.3 Å². The Balaban J connectivity index is 1.59. The first-order valence-electron chi connectivity index (χ1n) is 9.90. The number of hydrogen-bond donors (Lipinski definition) is 3. The number of halogens is 3. The first kappa shape index (κ1) is 21.6. The quantitative estimate of drug-likeness (QED) is 0.368. The van der Waals surface area contributed by atoms with Crippen molar-refractivity contribution in [3.63, 3.8) is 0 Å². The fourth-order valence-corrected chi connectivity index (χ4v) is 3.64. The summed E-state index contributed by atoms with van der Waals surface area (Å²) in [5, 5.41) is 12.0. The second kappa shape index (κ2) is 8.47. The molecule has 0 unspecified atom stereocenters. The van der Waals surface area contributed by atoms with Gasteiger partial charge in [-0.1, -0.05) is 42.5 Å². The number of fused-ring (bicyclic) bond motifs is 1. The van der Waals surface area contributed by atoms with Crippen molar-refractivity contribution in [2.24, 2.45) is 0 Å². The molecular formula is C24H20F3N3O2. The van der Waals surface area contributed by atoms with E-state index in [1.54, 1.807) is 19.1 Å². The van der Waals surface area contributed by atoms with Gasteiger partial charge in [0, 0.05) is 6.54 Å². The van der Waals surface area contributed by atoms with E-state index in [1.165, 1.54) is 0 Å². The Morgan fingerprint density at radius 1 is 1.00 bits per heavy atom. The largest absolute Gasteiger partial charge is 0.478 e. The van der Waals surface area contributed by atoms with Crippen LogP contribution in [0.25, 0.3) is 33.3 Å². The number of aromatic nitrogens is 2. The van der Waals surface area contributed by atoms with Crippen LogP contribution in [0.5, 0.6) is 0 Å². The third-order valence-electron chi connectivity index (χ3n) is 5.07. The fourth-order valence-electron chi connectivity index (χ4n) is 3.64. The highest BCUT2D eigenvalue weighted by atomic mass is 19.4. The Bertz CT molecular complexity index is 1280. The highest BCUT2D eigenvalue weighted by Gasteiger charge is 2.26. The minimum atomic E-state index is -4.24. The molecule has 0 saturated carbocycles. The van der Waals surface area contributed by atoms with Crippen molar-refractivity contribution in [2.45, 2.75) is 19.6 Å². The van der Waals surface area contributed by atoms with Crippen LogP contribution < -0.4 is 5.32 Å². The topological polar surface area (TPSA) is 78.0 Å². The zero-order valence-corrected chi connectivity index (χ0v) is 17.1. The third-order valence-corrected chi connectivity index (χ3v) is 5.07. The average molecular weight is 439 g/mol. The van der Waals surface area contributed by atoms with Crippen LogP contribution in [0.15, 0.2) is 60.7 Å². The number of aromatic amines is 1. The van der Waals surface area contributed by atoms with Gasteiger partial charge in [-0.2, -0.15) is 13.2 Å². The predicted molar refractivity (Wildman–Crippen MR) is 116 cm³/mol. The molecule has 4 rings (SSSR count). The van der Waals surface area contributed by atoms with Crippen molar-refractivity contribution in [3.05, 3.63) is 77.6 Å². The molecule has 0 bridgehead atoms. The van der Waals surface area contributed by atoms with Crippen LogP contribution in [-0.2, 0) is 6.54 Å². The van der Waals surface area contributed by atoms with Crippen molar-refractivity contribution in [3.8, 4) is 22.3 Å². The average Bonchev–Trinajstić information content (AvgIpc) is 3.12. The summed E-state index contributed by atoms with van der Waals surface area (Å²) in [5.41, 5.74) is 5.33. The molecule has 8 heteroatoms. The predicted octanol–water partition coefficient (Wildman–Crippen LogP) is 5.56. The molecule has 0 spiro atoms. The highest BCUT2D eigenvalue weighted by Crippen LogP contribution is 2.29. The summed E-state index contributed by atoms with van der Waals surface area (Å²) in [6, 6.07) is 18.4. The zero-order valence-electron chi connectivity index (χ0n) is 17.1. The lowest BCUT2D eigenvalue weighted by Gasteiger charge is -2.10. The van der Waals surface area contributed by atoms with Crippen molar-refractivity contribution in [1.29, 1.82) is 0 Å². The molecule has 0 radical (unpaired) electrons. The first-order chi connectivity index (χ1) is 15.2. The van der Waals surface area contributed by atoms with E-state index in [0.29, 0.717) is 16.9 Å². The van der Waals surface area contributed by atoms with Gasteiger partial charge in [0.15, 0.2) is 0 Å². The summed E-state index contributed by atoms with van der Waals surface area (Å²) >= 11 is 0. The maximum atomic E-state index is 12.3. The van der Waals surface area contributed by atoms with Crippen LogP contribution in [0, 0.1) is 6.92 Å². The van der Waals surface area contributed by atoms with Crippen LogP contribution in [0.3, 0.4) is 0 Å². The van der Waals surface area contributed by atoms with Gasteiger partial charge < -0.3 is 15.4 Å². The van der Waals surface area contributed by atoms with E-state index in [0.717, 1.165) is 27.8 Å². The van der Waals surface area contributed by atoms with Crippen LogP contribution in [0.4, 0.5) is 13.2 Å². The number of carboxylic acid groups (broad SMARTS) is 1. The van der Waals surface area contributed by atoms with Gasteiger partial charge >= 0.3 is 12.1 Å². The van der Waals surface area contributed by atoms with Gasteiger partial charge in [-0.3, -0.25) is 0 Å². The van der Waals surface area contributed by atoms with Crippen LogP contribution >= 0.6 is 0 Å². The lowest BCUT2D eigenvalue weighted by Crippen LogP contribution is -2.28. The maximum absolute atomic E-state index is 12.3. The number of carbonyl (C=O) groups is 1. The Hall–Kier alpha value is -3.65. The van der Waals surface area contributed by atoms with Crippen LogP contribution in [0.1, 0.15) is 21.7 Å². The van der Waals surface area contributed by atoms with E-state index < -0.39 is 18.7 Å². The number of nitrogens with zero attached hydrogens (tertiary/aromatic N) is 1. The molecule has 164 valence electrons. The van der Waals surface area contributed by atoms with Gasteiger partial charge in [0.2, 0.25) is 0 Å². The van der Waals surface area contributed by atoms with Crippen molar-refractivity contribution in [1.82, 2.24) is 15.3 Å². The number of rotatable bonds is 6. The summed E-state index contributed by atoms with van der Waals surface area (Å²) in [6.07, 6.45) is -4.24. The van der Waals surface area contributed by atoms with Gasteiger partial charge in [0.05, 0.1) is 17.6 Å². The molecule has 1 aromatic heterocycles.